The summed E-state index contributed by atoms with van der Waals surface area (Å²) in [7, 11) is 0. The summed E-state index contributed by atoms with van der Waals surface area (Å²) in [6.45, 7) is 3.96. The first-order valence-corrected chi connectivity index (χ1v) is 6.67. The Kier molecular flexibility index (Phi) is 4.09. The van der Waals surface area contributed by atoms with Crippen LogP contribution >= 0.6 is 27.3 Å². The van der Waals surface area contributed by atoms with Crippen LogP contribution in [0.5, 0.6) is 0 Å². The van der Waals surface area contributed by atoms with Crippen LogP contribution in [0.25, 0.3) is 0 Å². The molecule has 0 amide bonds. The maximum Gasteiger partial charge on any atom is 0.110 e. The van der Waals surface area contributed by atoms with Crippen LogP contribution in [0.15, 0.2) is 28.7 Å². The third kappa shape index (κ3) is 3.13. The highest BCUT2D eigenvalue weighted by Crippen LogP contribution is 2.23. The number of halogens is 1. The summed E-state index contributed by atoms with van der Waals surface area (Å²) in [6, 6.07) is 0.292. The largest absolute Gasteiger partial charge is 0.336 e. The van der Waals surface area contributed by atoms with Crippen LogP contribution < -0.4 is 5.32 Å². The zero-order valence-electron chi connectivity index (χ0n) is 8.93. The molecule has 2 rings (SSSR count). The fraction of sp³-hybridized carbons (Fsp3) is 0.400. The molecule has 0 fully saturated rings. The summed E-state index contributed by atoms with van der Waals surface area (Å²) in [6.07, 6.45) is 7.42. The normalized spacial score (nSPS) is 12.9. The molecule has 1 N–H and O–H groups in total. The highest BCUT2D eigenvalue weighted by atomic mass is 79.9. The predicted octanol–water partition coefficient (Wildman–Crippen LogP) is 2.45. The Morgan fingerprint density at radius 1 is 1.62 bits per heavy atom. The minimum absolute atomic E-state index is 0.292. The molecule has 2 aromatic rings. The SMILES string of the molecule is CC(NCCn1ccnc1)c1ncc(Br)s1. The summed E-state index contributed by atoms with van der Waals surface area (Å²) in [4.78, 5) is 8.32. The molecule has 0 aromatic carbocycles. The summed E-state index contributed by atoms with van der Waals surface area (Å²) in [5.74, 6) is 0. The molecule has 0 saturated heterocycles. The molecule has 0 aliphatic carbocycles. The first-order valence-electron chi connectivity index (χ1n) is 5.06. The molecule has 2 heterocycles. The Morgan fingerprint density at radius 2 is 2.50 bits per heavy atom. The van der Waals surface area contributed by atoms with E-state index in [4.69, 9.17) is 0 Å². The third-order valence-electron chi connectivity index (χ3n) is 2.25. The van der Waals surface area contributed by atoms with Gasteiger partial charge in [-0.1, -0.05) is 0 Å². The van der Waals surface area contributed by atoms with Crippen molar-refractivity contribution >= 4 is 27.3 Å². The van der Waals surface area contributed by atoms with Crippen LogP contribution in [0.1, 0.15) is 18.0 Å². The molecular weight excluding hydrogens is 288 g/mol. The number of rotatable bonds is 5. The Balaban J connectivity index is 1.78. The molecule has 6 heteroatoms. The second-order valence-corrected chi connectivity index (χ2v) is 5.92. The van der Waals surface area contributed by atoms with Crippen LogP contribution in [0, 0.1) is 0 Å². The number of thiazole rings is 1. The van der Waals surface area contributed by atoms with Crippen molar-refractivity contribution in [1.82, 2.24) is 19.9 Å². The van der Waals surface area contributed by atoms with Gasteiger partial charge in [0.2, 0.25) is 0 Å². The molecule has 0 bridgehead atoms. The van der Waals surface area contributed by atoms with E-state index in [1.165, 1.54) is 0 Å². The average molecular weight is 301 g/mol. The van der Waals surface area contributed by atoms with Gasteiger partial charge in [-0.05, 0) is 22.9 Å². The summed E-state index contributed by atoms with van der Waals surface area (Å²) < 4.78 is 3.13. The molecule has 1 atom stereocenters. The Morgan fingerprint density at radius 3 is 3.12 bits per heavy atom. The van der Waals surface area contributed by atoms with Gasteiger partial charge < -0.3 is 9.88 Å². The van der Waals surface area contributed by atoms with Crippen LogP contribution in [-0.4, -0.2) is 21.1 Å². The number of aromatic nitrogens is 3. The van der Waals surface area contributed by atoms with E-state index in [1.807, 2.05) is 18.7 Å². The fourth-order valence-electron chi connectivity index (χ4n) is 1.38. The van der Waals surface area contributed by atoms with E-state index in [9.17, 15) is 0 Å². The Labute approximate surface area is 107 Å². The minimum atomic E-state index is 0.292. The standard InChI is InChI=1S/C10H13BrN4S/c1-8(10-14-6-9(11)16-10)13-3-5-15-4-2-12-7-15/h2,4,6-8,13H,3,5H2,1H3. The van der Waals surface area contributed by atoms with E-state index in [-0.39, 0.29) is 0 Å². The van der Waals surface area contributed by atoms with Crippen molar-refractivity contribution in [2.75, 3.05) is 6.54 Å². The zero-order chi connectivity index (χ0) is 11.4. The molecule has 0 aliphatic heterocycles. The number of hydrogen-bond donors (Lipinski definition) is 1. The van der Waals surface area contributed by atoms with Crippen molar-refractivity contribution in [3.63, 3.8) is 0 Å². The van der Waals surface area contributed by atoms with E-state index in [0.717, 1.165) is 21.9 Å². The molecule has 0 spiro atoms. The third-order valence-corrected chi connectivity index (χ3v) is 3.90. The molecule has 4 nitrogen and oxygen atoms in total. The van der Waals surface area contributed by atoms with E-state index >= 15 is 0 Å². The van der Waals surface area contributed by atoms with Gasteiger partial charge in [0.1, 0.15) is 5.01 Å². The van der Waals surface area contributed by atoms with Gasteiger partial charge in [-0.3, -0.25) is 0 Å². The van der Waals surface area contributed by atoms with Crippen molar-refractivity contribution in [1.29, 1.82) is 0 Å². The molecule has 0 saturated carbocycles. The number of nitrogens with zero attached hydrogens (tertiary/aromatic N) is 3. The maximum atomic E-state index is 4.32. The van der Waals surface area contributed by atoms with Crippen LogP contribution in [-0.2, 0) is 6.54 Å². The number of nitrogens with one attached hydrogen (secondary N) is 1. The zero-order valence-corrected chi connectivity index (χ0v) is 11.3. The topological polar surface area (TPSA) is 42.7 Å². The number of imidazole rings is 1. The van der Waals surface area contributed by atoms with Crippen LogP contribution in [0.4, 0.5) is 0 Å². The van der Waals surface area contributed by atoms with Crippen LogP contribution in [0.2, 0.25) is 0 Å². The van der Waals surface area contributed by atoms with Crippen LogP contribution in [0.3, 0.4) is 0 Å². The highest BCUT2D eigenvalue weighted by molar-refractivity contribution is 9.11. The van der Waals surface area contributed by atoms with Gasteiger partial charge in [0.05, 0.1) is 22.4 Å². The highest BCUT2D eigenvalue weighted by Gasteiger charge is 2.08. The van der Waals surface area contributed by atoms with Crippen molar-refractivity contribution in [2.45, 2.75) is 19.5 Å². The van der Waals surface area contributed by atoms with Gasteiger partial charge in [0, 0.05) is 25.5 Å². The lowest BCUT2D eigenvalue weighted by atomic mass is 10.3. The van der Waals surface area contributed by atoms with Crippen molar-refractivity contribution < 1.29 is 0 Å². The maximum absolute atomic E-state index is 4.32. The molecule has 0 aliphatic rings. The van der Waals surface area contributed by atoms with Gasteiger partial charge in [-0.15, -0.1) is 11.3 Å². The fourth-order valence-corrected chi connectivity index (χ4v) is 2.65. The lowest BCUT2D eigenvalue weighted by Gasteiger charge is -2.10. The van der Waals surface area contributed by atoms with E-state index in [2.05, 4.69) is 42.7 Å². The molecule has 2 aromatic heterocycles. The second kappa shape index (κ2) is 5.56. The first-order chi connectivity index (χ1) is 7.75. The molecule has 0 radical (unpaired) electrons. The molecule has 1 unspecified atom stereocenters. The van der Waals surface area contributed by atoms with Crippen molar-refractivity contribution in [2.24, 2.45) is 0 Å². The summed E-state index contributed by atoms with van der Waals surface area (Å²) in [5.41, 5.74) is 0. The number of hydrogen-bond acceptors (Lipinski definition) is 4. The first kappa shape index (κ1) is 11.8. The quantitative estimate of drug-likeness (QED) is 0.922. The summed E-state index contributed by atoms with van der Waals surface area (Å²) in [5, 5.41) is 4.54. The van der Waals surface area contributed by atoms with Gasteiger partial charge in [0.25, 0.3) is 0 Å². The lowest BCUT2D eigenvalue weighted by Crippen LogP contribution is -2.22. The predicted molar refractivity (Wildman–Crippen MR) is 68.5 cm³/mol. The monoisotopic (exact) mass is 300 g/mol. The van der Waals surface area contributed by atoms with Crippen molar-refractivity contribution in [3.05, 3.63) is 33.7 Å². The molecular formula is C10H13BrN4S. The Bertz CT molecular complexity index is 426. The van der Waals surface area contributed by atoms with E-state index < -0.39 is 0 Å². The van der Waals surface area contributed by atoms with Gasteiger partial charge in [0.15, 0.2) is 0 Å². The lowest BCUT2D eigenvalue weighted by molar-refractivity contribution is 0.529. The van der Waals surface area contributed by atoms with E-state index in [1.54, 1.807) is 17.5 Å². The van der Waals surface area contributed by atoms with Gasteiger partial charge in [-0.2, -0.15) is 0 Å². The smallest absolute Gasteiger partial charge is 0.110 e. The van der Waals surface area contributed by atoms with E-state index in [0.29, 0.717) is 6.04 Å². The van der Waals surface area contributed by atoms with Gasteiger partial charge in [-0.25, -0.2) is 9.97 Å². The second-order valence-electron chi connectivity index (χ2n) is 3.48. The molecule has 16 heavy (non-hydrogen) atoms. The Hall–Kier alpha value is -0.720. The minimum Gasteiger partial charge on any atom is -0.336 e. The van der Waals surface area contributed by atoms with Crippen molar-refractivity contribution in [3.8, 4) is 0 Å². The summed E-state index contributed by atoms with van der Waals surface area (Å²) >= 11 is 5.08. The average Bonchev–Trinajstić information content (AvgIpc) is 2.89. The van der Waals surface area contributed by atoms with Gasteiger partial charge >= 0.3 is 0 Å². The molecule has 86 valence electrons.